The van der Waals surface area contributed by atoms with Crippen molar-refractivity contribution in [3.05, 3.63) is 65.6 Å². The second-order valence-corrected chi connectivity index (χ2v) is 11.7. The van der Waals surface area contributed by atoms with Crippen LogP contribution in [-0.2, 0) is 6.42 Å². The topological polar surface area (TPSA) is 92.7 Å². The maximum Gasteiger partial charge on any atom is 0.257 e. The van der Waals surface area contributed by atoms with E-state index in [9.17, 15) is 9.18 Å². The molecule has 1 atom stereocenters. The number of ether oxygens (including phenoxy) is 2. The molecule has 1 unspecified atom stereocenters. The van der Waals surface area contributed by atoms with Gasteiger partial charge in [0.15, 0.2) is 11.6 Å². The predicted octanol–water partition coefficient (Wildman–Crippen LogP) is 4.93. The highest BCUT2D eigenvalue weighted by Gasteiger charge is 2.54. The summed E-state index contributed by atoms with van der Waals surface area (Å²) in [6.45, 7) is 11.0. The summed E-state index contributed by atoms with van der Waals surface area (Å²) in [5.41, 5.74) is 2.68. The zero-order valence-corrected chi connectivity index (χ0v) is 24.1. The van der Waals surface area contributed by atoms with Crippen LogP contribution in [0.1, 0.15) is 68.2 Å². The zero-order valence-electron chi connectivity index (χ0n) is 24.1. The maximum atomic E-state index is 14.2. The molecule has 1 aliphatic carbocycles. The SMILES string of the molecule is CCN(C(=O)c1cc(F)ccc1Oc1cncnc1N1CC2(CC(Oc3ccnc4c3C(C)NCC4)C2)C1)C(C)C. The standard InChI is InChI=1S/C31H37FN6O3/c1-5-38(19(2)3)30(39)23-12-21(32)6-7-25(23)41-27-15-33-18-36-29(27)37-16-31(17-37)13-22(14-31)40-26-9-11-35-24-8-10-34-20(4)28(24)26/h6-7,9,11-12,15,18-20,22,34H,5,8,10,13-14,16-17H2,1-4H3. The Morgan fingerprint density at radius 1 is 1.20 bits per heavy atom. The molecule has 4 heterocycles. The van der Waals surface area contributed by atoms with E-state index < -0.39 is 5.82 Å². The van der Waals surface area contributed by atoms with Gasteiger partial charge in [0.25, 0.3) is 5.91 Å². The second kappa shape index (κ2) is 10.9. The lowest BCUT2D eigenvalue weighted by molar-refractivity contribution is -0.0351. The highest BCUT2D eigenvalue weighted by molar-refractivity contribution is 5.97. The van der Waals surface area contributed by atoms with E-state index in [0.717, 1.165) is 50.3 Å². The van der Waals surface area contributed by atoms with Crippen molar-refractivity contribution < 1.29 is 18.7 Å². The van der Waals surface area contributed by atoms with Crippen molar-refractivity contribution in [3.8, 4) is 17.2 Å². The molecule has 10 heteroatoms. The summed E-state index contributed by atoms with van der Waals surface area (Å²) >= 11 is 0. The molecule has 216 valence electrons. The molecule has 0 bridgehead atoms. The van der Waals surface area contributed by atoms with E-state index in [2.05, 4.69) is 32.1 Å². The van der Waals surface area contributed by atoms with Crippen LogP contribution in [0.2, 0.25) is 0 Å². The third-order valence-corrected chi connectivity index (χ3v) is 8.52. The van der Waals surface area contributed by atoms with Gasteiger partial charge in [0.05, 0.1) is 17.5 Å². The van der Waals surface area contributed by atoms with Gasteiger partial charge in [-0.15, -0.1) is 0 Å². The van der Waals surface area contributed by atoms with Gasteiger partial charge in [-0.1, -0.05) is 0 Å². The van der Waals surface area contributed by atoms with E-state index >= 15 is 0 Å². The number of carbonyl (C=O) groups excluding carboxylic acids is 1. The average molecular weight is 561 g/mol. The summed E-state index contributed by atoms with van der Waals surface area (Å²) < 4.78 is 26.9. The van der Waals surface area contributed by atoms with E-state index in [-0.39, 0.29) is 40.8 Å². The summed E-state index contributed by atoms with van der Waals surface area (Å²) in [6.07, 6.45) is 7.99. The number of halogens is 1. The van der Waals surface area contributed by atoms with Crippen molar-refractivity contribution in [3.63, 3.8) is 0 Å². The smallest absolute Gasteiger partial charge is 0.257 e. The fourth-order valence-corrected chi connectivity index (χ4v) is 6.51. The van der Waals surface area contributed by atoms with E-state index in [1.807, 2.05) is 33.0 Å². The molecule has 0 radical (unpaired) electrons. The van der Waals surface area contributed by atoms with Crippen LogP contribution in [0.5, 0.6) is 17.2 Å². The summed E-state index contributed by atoms with van der Waals surface area (Å²) in [7, 11) is 0. The van der Waals surface area contributed by atoms with Gasteiger partial charge in [0, 0.05) is 61.9 Å². The summed E-state index contributed by atoms with van der Waals surface area (Å²) in [5.74, 6) is 1.56. The third-order valence-electron chi connectivity index (χ3n) is 8.52. The summed E-state index contributed by atoms with van der Waals surface area (Å²) in [5, 5.41) is 3.51. The molecule has 1 saturated carbocycles. The largest absolute Gasteiger partial charge is 0.490 e. The van der Waals surface area contributed by atoms with Gasteiger partial charge in [-0.2, -0.15) is 0 Å². The summed E-state index contributed by atoms with van der Waals surface area (Å²) in [6, 6.07) is 6.21. The van der Waals surface area contributed by atoms with Gasteiger partial charge in [-0.25, -0.2) is 14.4 Å². The van der Waals surface area contributed by atoms with Gasteiger partial charge in [-0.05, 0) is 64.8 Å². The average Bonchev–Trinajstić information content (AvgIpc) is 2.91. The van der Waals surface area contributed by atoms with Gasteiger partial charge in [0.1, 0.15) is 29.7 Å². The van der Waals surface area contributed by atoms with E-state index in [4.69, 9.17) is 9.47 Å². The molecule has 3 aromatic rings. The van der Waals surface area contributed by atoms with Crippen LogP contribution < -0.4 is 19.7 Å². The Kier molecular flexibility index (Phi) is 7.27. The second-order valence-electron chi connectivity index (χ2n) is 11.7. The van der Waals surface area contributed by atoms with Crippen LogP contribution in [-0.4, -0.2) is 64.1 Å². The molecule has 1 spiro atoms. The zero-order chi connectivity index (χ0) is 28.7. The molecular formula is C31H37FN6O3. The lowest BCUT2D eigenvalue weighted by Crippen LogP contribution is -2.65. The molecule has 1 amide bonds. The maximum absolute atomic E-state index is 14.2. The fourth-order valence-electron chi connectivity index (χ4n) is 6.51. The lowest BCUT2D eigenvalue weighted by atomic mass is 9.61. The van der Waals surface area contributed by atoms with Crippen LogP contribution in [0, 0.1) is 11.2 Å². The molecule has 2 aromatic heterocycles. The number of fused-ring (bicyclic) bond motifs is 1. The molecule has 1 saturated heterocycles. The molecule has 6 rings (SSSR count). The minimum Gasteiger partial charge on any atom is -0.490 e. The first-order valence-electron chi connectivity index (χ1n) is 14.5. The Hall–Kier alpha value is -3.79. The van der Waals surface area contributed by atoms with Gasteiger partial charge >= 0.3 is 0 Å². The van der Waals surface area contributed by atoms with Crippen molar-refractivity contribution in [1.82, 2.24) is 25.2 Å². The number of nitrogens with zero attached hydrogens (tertiary/aromatic N) is 5. The van der Waals surface area contributed by atoms with Crippen molar-refractivity contribution in [1.29, 1.82) is 0 Å². The number of pyridine rings is 1. The van der Waals surface area contributed by atoms with Crippen molar-refractivity contribution in [2.75, 3.05) is 31.1 Å². The Labute approximate surface area is 240 Å². The fraction of sp³-hybridized carbons (Fsp3) is 0.484. The highest BCUT2D eigenvalue weighted by Crippen LogP contribution is 2.52. The number of aromatic nitrogens is 3. The Morgan fingerprint density at radius 3 is 2.76 bits per heavy atom. The van der Waals surface area contributed by atoms with Crippen LogP contribution in [0.4, 0.5) is 10.2 Å². The molecule has 1 N–H and O–H groups in total. The number of amides is 1. The Bertz CT molecular complexity index is 1440. The number of anilines is 1. The van der Waals surface area contributed by atoms with E-state index in [0.29, 0.717) is 18.1 Å². The van der Waals surface area contributed by atoms with Gasteiger partial charge in [-0.3, -0.25) is 9.78 Å². The first-order valence-corrected chi connectivity index (χ1v) is 14.5. The highest BCUT2D eigenvalue weighted by atomic mass is 19.1. The molecule has 41 heavy (non-hydrogen) atoms. The first kappa shape index (κ1) is 27.4. The van der Waals surface area contributed by atoms with E-state index in [1.165, 1.54) is 30.1 Å². The minimum atomic E-state index is -0.491. The number of hydrogen-bond acceptors (Lipinski definition) is 8. The normalized spacial score (nSPS) is 19.4. The molecule has 9 nitrogen and oxygen atoms in total. The van der Waals surface area contributed by atoms with Gasteiger partial charge in [0.2, 0.25) is 0 Å². The number of nitrogens with one attached hydrogen (secondary N) is 1. The van der Waals surface area contributed by atoms with Crippen molar-refractivity contribution in [2.24, 2.45) is 5.41 Å². The Morgan fingerprint density at radius 2 is 2.00 bits per heavy atom. The number of benzene rings is 1. The molecule has 3 aliphatic rings. The number of carbonyl (C=O) groups is 1. The Balaban J connectivity index is 1.13. The van der Waals surface area contributed by atoms with E-state index in [1.54, 1.807) is 11.1 Å². The lowest BCUT2D eigenvalue weighted by Gasteiger charge is -2.59. The quantitative estimate of drug-likeness (QED) is 0.415. The van der Waals surface area contributed by atoms with Crippen molar-refractivity contribution >= 4 is 11.7 Å². The predicted molar refractivity (Wildman–Crippen MR) is 153 cm³/mol. The summed E-state index contributed by atoms with van der Waals surface area (Å²) in [4.78, 5) is 30.4. The molecular weight excluding hydrogens is 523 g/mol. The first-order chi connectivity index (χ1) is 19.8. The number of hydrogen-bond donors (Lipinski definition) is 1. The van der Waals surface area contributed by atoms with Gasteiger partial charge < -0.3 is 24.6 Å². The molecule has 2 aliphatic heterocycles. The van der Waals surface area contributed by atoms with Crippen LogP contribution >= 0.6 is 0 Å². The van der Waals surface area contributed by atoms with Crippen LogP contribution in [0.15, 0.2) is 43.0 Å². The third kappa shape index (κ3) is 5.21. The molecule has 2 fully saturated rings. The molecule has 1 aromatic carbocycles. The monoisotopic (exact) mass is 560 g/mol. The number of rotatable bonds is 8. The minimum absolute atomic E-state index is 0.0316. The van der Waals surface area contributed by atoms with Crippen molar-refractivity contribution in [2.45, 2.75) is 65.1 Å². The van der Waals surface area contributed by atoms with Crippen LogP contribution in [0.25, 0.3) is 0 Å². The van der Waals surface area contributed by atoms with Crippen LogP contribution in [0.3, 0.4) is 0 Å².